The normalized spacial score (nSPS) is 11.5. The monoisotopic (exact) mass is 506 g/mol. The minimum Gasteiger partial charge on any atom is -0.368 e. The first-order chi connectivity index (χ1) is 16.2. The second-order valence-electron chi connectivity index (χ2n) is 7.39. The number of benzene rings is 1. The number of aromatic amines is 1. The molecule has 0 aliphatic heterocycles. The van der Waals surface area contributed by atoms with E-state index in [1.807, 2.05) is 19.1 Å². The number of imidazole rings is 1. The van der Waals surface area contributed by atoms with Crippen molar-refractivity contribution in [1.82, 2.24) is 19.9 Å². The van der Waals surface area contributed by atoms with E-state index in [0.717, 1.165) is 23.5 Å². The van der Waals surface area contributed by atoms with Crippen molar-refractivity contribution in [3.05, 3.63) is 76.2 Å². The highest BCUT2D eigenvalue weighted by Crippen LogP contribution is 2.36. The summed E-state index contributed by atoms with van der Waals surface area (Å²) in [4.78, 5) is 16.2. The number of anilines is 2. The minimum absolute atomic E-state index is 0.347. The largest absolute Gasteiger partial charge is 0.417 e. The number of aryl methyl sites for hydroxylation is 1. The van der Waals surface area contributed by atoms with E-state index in [9.17, 15) is 13.2 Å². The van der Waals surface area contributed by atoms with E-state index in [2.05, 4.69) is 25.6 Å². The molecular formula is C23H19Cl2F3N6. The van der Waals surface area contributed by atoms with Crippen molar-refractivity contribution in [3.63, 3.8) is 0 Å². The Labute approximate surface area is 203 Å². The molecule has 3 heterocycles. The second-order valence-corrected chi connectivity index (χ2v) is 8.23. The molecule has 4 aromatic rings. The lowest BCUT2D eigenvalue weighted by Gasteiger charge is -2.13. The van der Waals surface area contributed by atoms with Crippen LogP contribution in [0.5, 0.6) is 0 Å². The van der Waals surface area contributed by atoms with Gasteiger partial charge in [0.1, 0.15) is 17.5 Å². The summed E-state index contributed by atoms with van der Waals surface area (Å²) in [5.41, 5.74) is 2.15. The number of halogens is 5. The summed E-state index contributed by atoms with van der Waals surface area (Å²) >= 11 is 12.5. The minimum atomic E-state index is -4.41. The lowest BCUT2D eigenvalue weighted by Crippen LogP contribution is -2.15. The van der Waals surface area contributed by atoms with Gasteiger partial charge in [0, 0.05) is 41.6 Å². The topological polar surface area (TPSA) is 78.5 Å². The Morgan fingerprint density at radius 2 is 1.62 bits per heavy atom. The standard InChI is InChI=1S/C23H19Cl2F3N6/c1-13-11-32-22(33-13)17-5-7-20(34-21(17)16-4-3-15(24)10-18(16)25)30-9-8-29-19-6-2-14(12-31-19)23(26,27)28/h2-7,10-12H,8-9H2,1H3,(H,29,31)(H,30,34)(H,32,33). The summed E-state index contributed by atoms with van der Waals surface area (Å²) in [6, 6.07) is 11.2. The number of rotatable bonds is 7. The van der Waals surface area contributed by atoms with E-state index < -0.39 is 11.7 Å². The maximum atomic E-state index is 12.7. The van der Waals surface area contributed by atoms with Crippen molar-refractivity contribution in [1.29, 1.82) is 0 Å². The Morgan fingerprint density at radius 3 is 2.24 bits per heavy atom. The van der Waals surface area contributed by atoms with Crippen molar-refractivity contribution >= 4 is 34.8 Å². The zero-order chi connectivity index (χ0) is 24.3. The van der Waals surface area contributed by atoms with Gasteiger partial charge in [-0.25, -0.2) is 15.0 Å². The summed E-state index contributed by atoms with van der Waals surface area (Å²) in [6.45, 7) is 2.75. The lowest BCUT2D eigenvalue weighted by molar-refractivity contribution is -0.137. The van der Waals surface area contributed by atoms with Gasteiger partial charge < -0.3 is 15.6 Å². The summed E-state index contributed by atoms with van der Waals surface area (Å²) in [5.74, 6) is 1.60. The van der Waals surface area contributed by atoms with Crippen LogP contribution in [0.3, 0.4) is 0 Å². The Hall–Kier alpha value is -3.30. The molecule has 0 aliphatic rings. The molecule has 0 spiro atoms. The molecule has 0 radical (unpaired) electrons. The molecule has 3 aromatic heterocycles. The van der Waals surface area contributed by atoms with Gasteiger partial charge in [-0.2, -0.15) is 13.2 Å². The van der Waals surface area contributed by atoms with Gasteiger partial charge in [0.15, 0.2) is 0 Å². The number of hydrogen-bond acceptors (Lipinski definition) is 5. The van der Waals surface area contributed by atoms with Gasteiger partial charge in [-0.05, 0) is 49.4 Å². The molecule has 4 rings (SSSR count). The van der Waals surface area contributed by atoms with Gasteiger partial charge in [0.25, 0.3) is 0 Å². The third kappa shape index (κ3) is 5.60. The van der Waals surface area contributed by atoms with Gasteiger partial charge in [0.05, 0.1) is 22.0 Å². The van der Waals surface area contributed by atoms with E-state index in [4.69, 9.17) is 28.2 Å². The van der Waals surface area contributed by atoms with E-state index in [1.54, 1.807) is 24.4 Å². The van der Waals surface area contributed by atoms with Crippen LogP contribution in [0.1, 0.15) is 11.3 Å². The van der Waals surface area contributed by atoms with Crippen LogP contribution in [0.25, 0.3) is 22.6 Å². The van der Waals surface area contributed by atoms with Crippen molar-refractivity contribution in [2.24, 2.45) is 0 Å². The van der Waals surface area contributed by atoms with E-state index in [-0.39, 0.29) is 0 Å². The fourth-order valence-corrected chi connectivity index (χ4v) is 3.73. The predicted octanol–water partition coefficient (Wildman–Crippen LogP) is 6.69. The molecule has 1 aromatic carbocycles. The van der Waals surface area contributed by atoms with Crippen LogP contribution < -0.4 is 10.6 Å². The van der Waals surface area contributed by atoms with Crippen molar-refractivity contribution in [3.8, 4) is 22.6 Å². The number of pyridine rings is 2. The first-order valence-electron chi connectivity index (χ1n) is 10.2. The Morgan fingerprint density at radius 1 is 0.912 bits per heavy atom. The van der Waals surface area contributed by atoms with E-state index in [1.165, 1.54) is 6.07 Å². The molecule has 0 unspecified atom stereocenters. The molecule has 11 heteroatoms. The highest BCUT2D eigenvalue weighted by molar-refractivity contribution is 6.36. The molecule has 0 bridgehead atoms. The maximum absolute atomic E-state index is 12.7. The average Bonchev–Trinajstić information content (AvgIpc) is 3.22. The predicted molar refractivity (Wildman–Crippen MR) is 128 cm³/mol. The Balaban J connectivity index is 1.49. The first kappa shape index (κ1) is 23.8. The highest BCUT2D eigenvalue weighted by atomic mass is 35.5. The summed E-state index contributed by atoms with van der Waals surface area (Å²) < 4.78 is 38.0. The summed E-state index contributed by atoms with van der Waals surface area (Å²) in [7, 11) is 0. The van der Waals surface area contributed by atoms with Crippen molar-refractivity contribution in [2.75, 3.05) is 23.7 Å². The van der Waals surface area contributed by atoms with E-state index in [0.29, 0.717) is 51.9 Å². The average molecular weight is 507 g/mol. The molecule has 0 saturated carbocycles. The fraction of sp³-hybridized carbons (Fsp3) is 0.174. The maximum Gasteiger partial charge on any atom is 0.417 e. The summed E-state index contributed by atoms with van der Waals surface area (Å²) in [6.07, 6.45) is -1.81. The quantitative estimate of drug-likeness (QED) is 0.243. The van der Waals surface area contributed by atoms with Crippen LogP contribution in [-0.4, -0.2) is 33.0 Å². The number of H-pyrrole nitrogens is 1. The van der Waals surface area contributed by atoms with Gasteiger partial charge in [-0.1, -0.05) is 23.2 Å². The van der Waals surface area contributed by atoms with Crippen molar-refractivity contribution < 1.29 is 13.2 Å². The fourth-order valence-electron chi connectivity index (χ4n) is 3.23. The zero-order valence-electron chi connectivity index (χ0n) is 17.8. The molecular weight excluding hydrogens is 488 g/mol. The van der Waals surface area contributed by atoms with Gasteiger partial charge in [-0.15, -0.1) is 0 Å². The molecule has 0 amide bonds. The van der Waals surface area contributed by atoms with Crippen molar-refractivity contribution in [2.45, 2.75) is 13.1 Å². The first-order valence-corrected chi connectivity index (χ1v) is 11.0. The number of nitrogens with one attached hydrogen (secondary N) is 3. The van der Waals surface area contributed by atoms with Crippen LogP contribution in [0.15, 0.2) is 54.9 Å². The van der Waals surface area contributed by atoms with Gasteiger partial charge in [0.2, 0.25) is 0 Å². The Bertz CT molecular complexity index is 1290. The van der Waals surface area contributed by atoms with Crippen LogP contribution in [0.2, 0.25) is 10.0 Å². The third-order valence-corrected chi connectivity index (χ3v) is 5.42. The molecule has 0 fully saturated rings. The lowest BCUT2D eigenvalue weighted by atomic mass is 10.0. The van der Waals surface area contributed by atoms with Crippen LogP contribution >= 0.6 is 23.2 Å². The third-order valence-electron chi connectivity index (χ3n) is 4.87. The van der Waals surface area contributed by atoms with Gasteiger partial charge >= 0.3 is 6.18 Å². The molecule has 34 heavy (non-hydrogen) atoms. The number of hydrogen-bond donors (Lipinski definition) is 3. The molecule has 0 aliphatic carbocycles. The van der Waals surface area contributed by atoms with Crippen LogP contribution in [0, 0.1) is 6.92 Å². The number of nitrogens with zero attached hydrogens (tertiary/aromatic N) is 3. The Kier molecular flexibility index (Phi) is 6.95. The molecule has 0 atom stereocenters. The molecule has 0 saturated heterocycles. The molecule has 176 valence electrons. The molecule has 6 nitrogen and oxygen atoms in total. The number of aromatic nitrogens is 4. The second kappa shape index (κ2) is 9.90. The SMILES string of the molecule is Cc1c[nH]c(-c2ccc(NCCNc3ccc(C(F)(F)F)cn3)nc2-c2ccc(Cl)cc2Cl)n1. The molecule has 3 N–H and O–H groups in total. The number of alkyl halides is 3. The van der Waals surface area contributed by atoms with Gasteiger partial charge in [-0.3, -0.25) is 0 Å². The highest BCUT2D eigenvalue weighted by Gasteiger charge is 2.30. The zero-order valence-corrected chi connectivity index (χ0v) is 19.4. The van der Waals surface area contributed by atoms with Crippen LogP contribution in [-0.2, 0) is 6.18 Å². The summed E-state index contributed by atoms with van der Waals surface area (Å²) in [5, 5.41) is 7.14. The van der Waals surface area contributed by atoms with Crippen LogP contribution in [0.4, 0.5) is 24.8 Å². The van der Waals surface area contributed by atoms with E-state index >= 15 is 0 Å². The smallest absolute Gasteiger partial charge is 0.368 e.